The number of nitrogens with zero attached hydrogens (tertiary/aromatic N) is 1. The molecule has 7 heteroatoms. The second-order valence-corrected chi connectivity index (χ2v) is 4.11. The Morgan fingerprint density at radius 2 is 1.80 bits per heavy atom. The number of carbonyl (C=O) groups excluding carboxylic acids is 1. The van der Waals surface area contributed by atoms with Crippen LogP contribution in [0.15, 0.2) is 24.4 Å². The molecule has 1 heterocycles. The maximum atomic E-state index is 13.0. The fourth-order valence-electron chi connectivity index (χ4n) is 1.61. The Bertz CT molecular complexity index is 666. The van der Waals surface area contributed by atoms with Crippen LogP contribution in [0.5, 0.6) is 0 Å². The lowest BCUT2D eigenvalue weighted by atomic mass is 10.1. The summed E-state index contributed by atoms with van der Waals surface area (Å²) in [7, 11) is 0. The standard InChI is InChI=1S/C13H10F3N3O/c1-6-9(2-7(17)5-18-6)13(20)19-8-3-10(14)12(16)11(15)4-8/h2-5H,17H2,1H3,(H,19,20). The van der Waals surface area contributed by atoms with Gasteiger partial charge < -0.3 is 11.1 Å². The van der Waals surface area contributed by atoms with E-state index in [0.29, 0.717) is 17.8 Å². The monoisotopic (exact) mass is 281 g/mol. The van der Waals surface area contributed by atoms with E-state index < -0.39 is 23.4 Å². The lowest BCUT2D eigenvalue weighted by Crippen LogP contribution is -2.15. The largest absolute Gasteiger partial charge is 0.397 e. The first kappa shape index (κ1) is 13.9. The van der Waals surface area contributed by atoms with Crippen molar-refractivity contribution in [1.29, 1.82) is 0 Å². The van der Waals surface area contributed by atoms with Crippen LogP contribution in [0, 0.1) is 24.4 Å². The van der Waals surface area contributed by atoms with Crippen molar-refractivity contribution >= 4 is 17.3 Å². The summed E-state index contributed by atoms with van der Waals surface area (Å²) in [5, 5.41) is 2.25. The third-order valence-electron chi connectivity index (χ3n) is 2.59. The van der Waals surface area contributed by atoms with Gasteiger partial charge in [-0.2, -0.15) is 0 Å². The van der Waals surface area contributed by atoms with Crippen LogP contribution in [0.2, 0.25) is 0 Å². The summed E-state index contributed by atoms with van der Waals surface area (Å²) in [6.07, 6.45) is 1.38. The van der Waals surface area contributed by atoms with Crippen molar-refractivity contribution in [2.75, 3.05) is 11.1 Å². The summed E-state index contributed by atoms with van der Waals surface area (Å²) in [5.41, 5.74) is 6.15. The number of halogens is 3. The van der Waals surface area contributed by atoms with E-state index >= 15 is 0 Å². The first-order valence-electron chi connectivity index (χ1n) is 5.56. The van der Waals surface area contributed by atoms with Gasteiger partial charge in [-0.25, -0.2) is 13.2 Å². The Labute approximate surface area is 112 Å². The van der Waals surface area contributed by atoms with E-state index in [4.69, 9.17) is 5.73 Å². The van der Waals surface area contributed by atoms with Gasteiger partial charge in [0.15, 0.2) is 17.5 Å². The van der Waals surface area contributed by atoms with Crippen LogP contribution < -0.4 is 11.1 Å². The Kier molecular flexibility index (Phi) is 3.60. The van der Waals surface area contributed by atoms with Crippen molar-refractivity contribution < 1.29 is 18.0 Å². The number of hydrogen-bond acceptors (Lipinski definition) is 3. The number of aromatic nitrogens is 1. The predicted octanol–water partition coefficient (Wildman–Crippen LogP) is 2.64. The van der Waals surface area contributed by atoms with Gasteiger partial charge in [0.1, 0.15) is 0 Å². The highest BCUT2D eigenvalue weighted by Crippen LogP contribution is 2.19. The van der Waals surface area contributed by atoms with Gasteiger partial charge in [0.25, 0.3) is 5.91 Å². The van der Waals surface area contributed by atoms with Gasteiger partial charge in [0.05, 0.1) is 23.1 Å². The molecule has 104 valence electrons. The van der Waals surface area contributed by atoms with Crippen molar-refractivity contribution in [3.8, 4) is 0 Å². The Balaban J connectivity index is 2.30. The maximum Gasteiger partial charge on any atom is 0.257 e. The minimum atomic E-state index is -1.59. The minimum absolute atomic E-state index is 0.162. The van der Waals surface area contributed by atoms with E-state index in [1.807, 2.05) is 0 Å². The van der Waals surface area contributed by atoms with E-state index in [-0.39, 0.29) is 16.9 Å². The number of nitrogens with one attached hydrogen (secondary N) is 1. The maximum absolute atomic E-state index is 13.0. The normalized spacial score (nSPS) is 10.4. The molecule has 1 aromatic carbocycles. The summed E-state index contributed by atoms with van der Waals surface area (Å²) in [4.78, 5) is 15.8. The second kappa shape index (κ2) is 5.20. The first-order chi connectivity index (χ1) is 9.38. The van der Waals surface area contributed by atoms with Gasteiger partial charge in [0, 0.05) is 17.8 Å². The zero-order chi connectivity index (χ0) is 14.9. The molecule has 2 rings (SSSR count). The van der Waals surface area contributed by atoms with Crippen molar-refractivity contribution in [2.24, 2.45) is 0 Å². The molecule has 4 nitrogen and oxygen atoms in total. The molecule has 2 aromatic rings. The number of benzene rings is 1. The highest BCUT2D eigenvalue weighted by molar-refractivity contribution is 6.05. The zero-order valence-electron chi connectivity index (χ0n) is 10.4. The van der Waals surface area contributed by atoms with Crippen LogP contribution >= 0.6 is 0 Å². The molecule has 1 amide bonds. The number of nitrogen functional groups attached to an aromatic ring is 1. The number of rotatable bonds is 2. The van der Waals surface area contributed by atoms with Crippen LogP contribution in [0.25, 0.3) is 0 Å². The first-order valence-corrected chi connectivity index (χ1v) is 5.56. The summed E-state index contributed by atoms with van der Waals surface area (Å²) < 4.78 is 38.9. The second-order valence-electron chi connectivity index (χ2n) is 4.11. The molecule has 20 heavy (non-hydrogen) atoms. The van der Waals surface area contributed by atoms with Gasteiger partial charge in [-0.15, -0.1) is 0 Å². The number of pyridine rings is 1. The van der Waals surface area contributed by atoms with Crippen LogP contribution in [0.4, 0.5) is 24.5 Å². The van der Waals surface area contributed by atoms with Gasteiger partial charge in [0.2, 0.25) is 0 Å². The van der Waals surface area contributed by atoms with E-state index in [1.54, 1.807) is 6.92 Å². The molecule has 3 N–H and O–H groups in total. The predicted molar refractivity (Wildman–Crippen MR) is 67.7 cm³/mol. The number of aryl methyl sites for hydroxylation is 1. The van der Waals surface area contributed by atoms with Gasteiger partial charge >= 0.3 is 0 Å². The number of anilines is 2. The molecule has 1 aromatic heterocycles. The van der Waals surface area contributed by atoms with Crippen LogP contribution in [0.1, 0.15) is 16.1 Å². The number of nitrogens with two attached hydrogens (primary N) is 1. The Morgan fingerprint density at radius 3 is 2.40 bits per heavy atom. The van der Waals surface area contributed by atoms with Crippen LogP contribution in [0.3, 0.4) is 0 Å². The highest BCUT2D eigenvalue weighted by atomic mass is 19.2. The Hall–Kier alpha value is -2.57. The van der Waals surface area contributed by atoms with Crippen molar-refractivity contribution in [2.45, 2.75) is 6.92 Å². The molecule has 0 bridgehead atoms. The van der Waals surface area contributed by atoms with Crippen molar-refractivity contribution in [3.63, 3.8) is 0 Å². The molecule has 0 atom stereocenters. The van der Waals surface area contributed by atoms with Gasteiger partial charge in [-0.05, 0) is 13.0 Å². The van der Waals surface area contributed by atoms with Gasteiger partial charge in [-0.1, -0.05) is 0 Å². The lowest BCUT2D eigenvalue weighted by Gasteiger charge is -2.08. The van der Waals surface area contributed by atoms with Gasteiger partial charge in [-0.3, -0.25) is 9.78 Å². The SMILES string of the molecule is Cc1ncc(N)cc1C(=O)Nc1cc(F)c(F)c(F)c1. The summed E-state index contributed by atoms with van der Waals surface area (Å²) in [6, 6.07) is 2.75. The highest BCUT2D eigenvalue weighted by Gasteiger charge is 2.15. The smallest absolute Gasteiger partial charge is 0.257 e. The lowest BCUT2D eigenvalue weighted by molar-refractivity contribution is 0.102. The molecule has 0 aliphatic heterocycles. The minimum Gasteiger partial charge on any atom is -0.397 e. The number of carbonyl (C=O) groups is 1. The molecule has 0 saturated carbocycles. The summed E-state index contributed by atoms with van der Waals surface area (Å²) in [6.45, 7) is 1.58. The number of hydrogen-bond donors (Lipinski definition) is 2. The molecule has 0 fully saturated rings. The van der Waals surface area contributed by atoms with Crippen molar-refractivity contribution in [3.05, 3.63) is 53.1 Å². The van der Waals surface area contributed by atoms with Crippen LogP contribution in [-0.2, 0) is 0 Å². The molecule has 0 aliphatic rings. The molecule has 0 saturated heterocycles. The quantitative estimate of drug-likeness (QED) is 0.831. The fraction of sp³-hybridized carbons (Fsp3) is 0.0769. The molecule has 0 unspecified atom stereocenters. The summed E-state index contributed by atoms with van der Waals surface area (Å²) in [5.74, 6) is -5.01. The molecular weight excluding hydrogens is 271 g/mol. The average Bonchev–Trinajstić information content (AvgIpc) is 2.38. The van der Waals surface area contributed by atoms with E-state index in [9.17, 15) is 18.0 Å². The average molecular weight is 281 g/mol. The zero-order valence-corrected chi connectivity index (χ0v) is 10.4. The third-order valence-corrected chi connectivity index (χ3v) is 2.59. The molecule has 0 spiro atoms. The fourth-order valence-corrected chi connectivity index (χ4v) is 1.61. The van der Waals surface area contributed by atoms with E-state index in [0.717, 1.165) is 0 Å². The molecular formula is C13H10F3N3O. The third kappa shape index (κ3) is 2.71. The number of amides is 1. The Morgan fingerprint density at radius 1 is 1.20 bits per heavy atom. The van der Waals surface area contributed by atoms with E-state index in [2.05, 4.69) is 10.3 Å². The topological polar surface area (TPSA) is 68.0 Å². The van der Waals surface area contributed by atoms with Crippen molar-refractivity contribution in [1.82, 2.24) is 4.98 Å². The van der Waals surface area contributed by atoms with Crippen LogP contribution in [-0.4, -0.2) is 10.9 Å². The molecule has 0 radical (unpaired) electrons. The van der Waals surface area contributed by atoms with E-state index in [1.165, 1.54) is 12.3 Å². The molecule has 0 aliphatic carbocycles. The summed E-state index contributed by atoms with van der Waals surface area (Å²) >= 11 is 0.